The van der Waals surface area contributed by atoms with Crippen LogP contribution >= 0.6 is 0 Å². The van der Waals surface area contributed by atoms with Crippen molar-refractivity contribution in [2.24, 2.45) is 0 Å². The van der Waals surface area contributed by atoms with Crippen molar-refractivity contribution in [1.29, 1.82) is 0 Å². The predicted octanol–water partition coefficient (Wildman–Crippen LogP) is 6.76. The molecule has 2 heterocycles. The van der Waals surface area contributed by atoms with E-state index < -0.39 is 11.2 Å². The van der Waals surface area contributed by atoms with Crippen LogP contribution in [0.4, 0.5) is 0 Å². The molecule has 39 heavy (non-hydrogen) atoms. The fourth-order valence-corrected chi connectivity index (χ4v) is 4.47. The molecule has 0 spiro atoms. The van der Waals surface area contributed by atoms with E-state index >= 15 is 0 Å². The Morgan fingerprint density at radius 3 is 2.38 bits per heavy atom. The normalized spacial score (nSPS) is 15.1. The van der Waals surface area contributed by atoms with Crippen LogP contribution < -0.4 is 19.6 Å². The lowest BCUT2D eigenvalue weighted by atomic mass is 10.1. The van der Waals surface area contributed by atoms with Crippen LogP contribution in [0, 0.1) is 0 Å². The Labute approximate surface area is 230 Å². The maximum absolute atomic E-state index is 13.5. The van der Waals surface area contributed by atoms with Gasteiger partial charge in [0, 0.05) is 18.7 Å². The number of nitrogens with zero attached hydrogens (tertiary/aromatic N) is 1. The molecule has 0 saturated carbocycles. The summed E-state index contributed by atoms with van der Waals surface area (Å²) in [5.74, 6) is 0.843. The molecule has 4 rings (SSSR count). The molecule has 1 saturated heterocycles. The van der Waals surface area contributed by atoms with E-state index in [0.717, 1.165) is 19.6 Å². The molecule has 7 nitrogen and oxygen atoms in total. The van der Waals surface area contributed by atoms with Gasteiger partial charge in [0.2, 0.25) is 11.2 Å². The first-order chi connectivity index (χ1) is 18.5. The first-order valence-electron chi connectivity index (χ1n) is 13.5. The van der Waals surface area contributed by atoms with Crippen molar-refractivity contribution < 1.29 is 23.7 Å². The molecule has 0 unspecified atom stereocenters. The van der Waals surface area contributed by atoms with E-state index in [9.17, 15) is 9.90 Å². The van der Waals surface area contributed by atoms with Gasteiger partial charge >= 0.3 is 0 Å². The van der Waals surface area contributed by atoms with Gasteiger partial charge in [0.1, 0.15) is 40.3 Å². The Hall–Kier alpha value is -3.71. The van der Waals surface area contributed by atoms with E-state index in [1.807, 2.05) is 33.8 Å². The Kier molecular flexibility index (Phi) is 8.40. The highest BCUT2D eigenvalue weighted by Gasteiger charge is 2.24. The summed E-state index contributed by atoms with van der Waals surface area (Å²) in [6, 6.07) is 6.30. The molecule has 1 aliphatic rings. The van der Waals surface area contributed by atoms with Gasteiger partial charge < -0.3 is 23.7 Å². The molecule has 0 atom stereocenters. The second kappa shape index (κ2) is 11.6. The highest BCUT2D eigenvalue weighted by molar-refractivity contribution is 5.96. The van der Waals surface area contributed by atoms with Crippen molar-refractivity contribution >= 4 is 21.9 Å². The van der Waals surface area contributed by atoms with Crippen molar-refractivity contribution in [3.63, 3.8) is 0 Å². The number of rotatable bonds is 11. The van der Waals surface area contributed by atoms with Gasteiger partial charge in [-0.25, -0.2) is 0 Å². The summed E-state index contributed by atoms with van der Waals surface area (Å²) >= 11 is 0. The number of hydrogen-bond donors (Lipinski definition) is 1. The zero-order valence-corrected chi connectivity index (χ0v) is 23.4. The van der Waals surface area contributed by atoms with Gasteiger partial charge in [-0.15, -0.1) is 0 Å². The van der Waals surface area contributed by atoms with Crippen LogP contribution in [0.3, 0.4) is 0 Å². The van der Waals surface area contributed by atoms with E-state index in [1.165, 1.54) is 25.3 Å². The second-order valence-electron chi connectivity index (χ2n) is 11.0. The van der Waals surface area contributed by atoms with Crippen LogP contribution in [0.15, 0.2) is 70.9 Å². The molecule has 7 heteroatoms. The number of fused-ring (bicyclic) bond motifs is 2. The van der Waals surface area contributed by atoms with E-state index in [0.29, 0.717) is 17.2 Å². The predicted molar refractivity (Wildman–Crippen MR) is 156 cm³/mol. The SMILES string of the molecule is C=CC(C)(C)Oc1cc(O)c2c(=O)c3ccc(OC(C)(C)C=C)c(OC/C=C/CN4CCCCC4)c3oc2c1. The molecule has 3 aromatic rings. The fourth-order valence-electron chi connectivity index (χ4n) is 4.47. The Morgan fingerprint density at radius 2 is 1.69 bits per heavy atom. The molecule has 0 aliphatic carbocycles. The zero-order valence-electron chi connectivity index (χ0n) is 23.4. The number of ether oxygens (including phenoxy) is 3. The van der Waals surface area contributed by atoms with Crippen LogP contribution in [0.5, 0.6) is 23.0 Å². The summed E-state index contributed by atoms with van der Waals surface area (Å²) in [7, 11) is 0. The highest BCUT2D eigenvalue weighted by atomic mass is 16.5. The van der Waals surface area contributed by atoms with Crippen LogP contribution in [0.25, 0.3) is 21.9 Å². The lowest BCUT2D eigenvalue weighted by Crippen LogP contribution is -2.29. The number of phenolic OH excluding ortho intramolecular Hbond substituents is 1. The molecule has 1 N–H and O–H groups in total. The molecule has 0 radical (unpaired) electrons. The summed E-state index contributed by atoms with van der Waals surface area (Å²) in [6.07, 6.45) is 11.2. The van der Waals surface area contributed by atoms with Crippen molar-refractivity contribution in [2.45, 2.75) is 58.2 Å². The Morgan fingerprint density at radius 1 is 1.00 bits per heavy atom. The average Bonchev–Trinajstić information content (AvgIpc) is 2.89. The minimum atomic E-state index is -0.692. The molecular formula is C32H39NO6. The van der Waals surface area contributed by atoms with Crippen LogP contribution in [0.1, 0.15) is 47.0 Å². The van der Waals surface area contributed by atoms with Crippen molar-refractivity contribution in [1.82, 2.24) is 4.90 Å². The van der Waals surface area contributed by atoms with E-state index in [4.69, 9.17) is 18.6 Å². The van der Waals surface area contributed by atoms with Crippen LogP contribution in [-0.2, 0) is 0 Å². The third kappa shape index (κ3) is 6.66. The summed E-state index contributed by atoms with van der Waals surface area (Å²) in [6.45, 7) is 18.5. The number of hydrogen-bond acceptors (Lipinski definition) is 7. The van der Waals surface area contributed by atoms with Gasteiger partial charge in [-0.2, -0.15) is 0 Å². The quantitative estimate of drug-likeness (QED) is 0.215. The van der Waals surface area contributed by atoms with Crippen LogP contribution in [0.2, 0.25) is 0 Å². The third-order valence-corrected chi connectivity index (χ3v) is 6.85. The second-order valence-corrected chi connectivity index (χ2v) is 11.0. The van der Waals surface area contributed by atoms with E-state index in [2.05, 4.69) is 24.1 Å². The summed E-state index contributed by atoms with van der Waals surface area (Å²) in [5, 5.41) is 11.1. The summed E-state index contributed by atoms with van der Waals surface area (Å²) in [5.41, 5.74) is -1.36. The van der Waals surface area contributed by atoms with Gasteiger partial charge in [-0.05, 0) is 77.9 Å². The molecule has 1 aromatic heterocycles. The number of likely N-dealkylation sites (tertiary alicyclic amines) is 1. The standard InChI is InChI=1S/C32H39NO6/c1-7-31(3,4)38-22-20-24(34)27-26(21-22)37-29-23(28(27)35)14-15-25(39-32(5,6)8-2)30(29)36-19-13-12-18-33-16-10-9-11-17-33/h7-8,12-15,20-21,34H,1-2,9-11,16-19H2,3-6H3/b13-12+. The third-order valence-electron chi connectivity index (χ3n) is 6.85. The monoisotopic (exact) mass is 533 g/mol. The smallest absolute Gasteiger partial charge is 0.205 e. The van der Waals surface area contributed by atoms with Crippen molar-refractivity contribution in [3.8, 4) is 23.0 Å². The first kappa shape index (κ1) is 28.3. The number of phenols is 1. The summed E-state index contributed by atoms with van der Waals surface area (Å²) < 4.78 is 24.6. The van der Waals surface area contributed by atoms with Crippen LogP contribution in [-0.4, -0.2) is 47.4 Å². The fraction of sp³-hybridized carbons (Fsp3) is 0.406. The van der Waals surface area contributed by atoms with E-state index in [1.54, 1.807) is 30.4 Å². The van der Waals surface area contributed by atoms with Gasteiger partial charge in [0.15, 0.2) is 11.3 Å². The molecular weight excluding hydrogens is 494 g/mol. The van der Waals surface area contributed by atoms with Gasteiger partial charge in [-0.1, -0.05) is 31.7 Å². The number of benzene rings is 2. The number of aromatic hydroxyl groups is 1. The maximum atomic E-state index is 13.5. The minimum absolute atomic E-state index is 0.0683. The topological polar surface area (TPSA) is 81.4 Å². The molecule has 208 valence electrons. The van der Waals surface area contributed by atoms with Crippen molar-refractivity contribution in [3.05, 3.63) is 72.0 Å². The molecule has 0 amide bonds. The van der Waals surface area contributed by atoms with Gasteiger partial charge in [0.25, 0.3) is 0 Å². The molecule has 0 bridgehead atoms. The minimum Gasteiger partial charge on any atom is -0.507 e. The lowest BCUT2D eigenvalue weighted by molar-refractivity contribution is 0.154. The largest absolute Gasteiger partial charge is 0.507 e. The first-order valence-corrected chi connectivity index (χ1v) is 13.5. The van der Waals surface area contributed by atoms with E-state index in [-0.39, 0.29) is 39.7 Å². The van der Waals surface area contributed by atoms with Crippen molar-refractivity contribution in [2.75, 3.05) is 26.2 Å². The molecule has 1 fully saturated rings. The average molecular weight is 534 g/mol. The lowest BCUT2D eigenvalue weighted by Gasteiger charge is -2.25. The maximum Gasteiger partial charge on any atom is 0.205 e. The zero-order chi connectivity index (χ0) is 28.2. The number of piperidine rings is 1. The highest BCUT2D eigenvalue weighted by Crippen LogP contribution is 2.40. The summed E-state index contributed by atoms with van der Waals surface area (Å²) in [4.78, 5) is 15.9. The van der Waals surface area contributed by atoms with Gasteiger partial charge in [0.05, 0.1) is 5.39 Å². The van der Waals surface area contributed by atoms with Gasteiger partial charge in [-0.3, -0.25) is 9.69 Å². The molecule has 2 aromatic carbocycles. The Balaban J connectivity index is 1.76. The Bertz CT molecular complexity index is 1440. The molecule has 1 aliphatic heterocycles.